The first-order valence-corrected chi connectivity index (χ1v) is 7.11. The second-order valence-corrected chi connectivity index (χ2v) is 5.40. The van der Waals surface area contributed by atoms with Gasteiger partial charge in [0.2, 0.25) is 0 Å². The summed E-state index contributed by atoms with van der Waals surface area (Å²) in [5.74, 6) is 0. The highest BCUT2D eigenvalue weighted by Crippen LogP contribution is 2.27. The van der Waals surface area contributed by atoms with E-state index in [1.807, 2.05) is 43.3 Å². The molecule has 0 spiro atoms. The summed E-state index contributed by atoms with van der Waals surface area (Å²) in [7, 11) is 0. The van der Waals surface area contributed by atoms with E-state index in [-0.39, 0.29) is 0 Å². The first-order chi connectivity index (χ1) is 10.6. The van der Waals surface area contributed by atoms with E-state index in [4.69, 9.17) is 0 Å². The van der Waals surface area contributed by atoms with Gasteiger partial charge >= 0.3 is 0 Å². The number of hydrogen-bond acceptors (Lipinski definition) is 3. The summed E-state index contributed by atoms with van der Waals surface area (Å²) >= 11 is 0. The summed E-state index contributed by atoms with van der Waals surface area (Å²) in [5.41, 5.74) is 6.44. The lowest BCUT2D eigenvalue weighted by Gasteiger charge is -2.11. The molecule has 2 aromatic carbocycles. The zero-order valence-electron chi connectivity index (χ0n) is 12.8. The molecule has 3 aromatic rings. The quantitative estimate of drug-likeness (QED) is 0.722. The Balaban J connectivity index is 2.26. The number of nitriles is 1. The van der Waals surface area contributed by atoms with Crippen LogP contribution in [0.1, 0.15) is 22.4 Å². The SMILES string of the molecule is Cc1ccc(-c2c(C#N)nnn2-c2cccc(C)c2C)cc1. The van der Waals surface area contributed by atoms with Crippen molar-refractivity contribution in [3.8, 4) is 23.0 Å². The molecule has 0 aliphatic carbocycles. The molecule has 0 aliphatic heterocycles. The fourth-order valence-electron chi connectivity index (χ4n) is 2.46. The highest BCUT2D eigenvalue weighted by molar-refractivity contribution is 5.68. The molecular formula is C18H16N4. The van der Waals surface area contributed by atoms with Gasteiger partial charge in [-0.2, -0.15) is 5.26 Å². The molecule has 3 rings (SSSR count). The molecule has 108 valence electrons. The second-order valence-electron chi connectivity index (χ2n) is 5.40. The van der Waals surface area contributed by atoms with Crippen LogP contribution in [0.25, 0.3) is 16.9 Å². The molecular weight excluding hydrogens is 272 g/mol. The van der Waals surface area contributed by atoms with Gasteiger partial charge in [0.1, 0.15) is 11.8 Å². The summed E-state index contributed by atoms with van der Waals surface area (Å²) in [5, 5.41) is 17.6. The van der Waals surface area contributed by atoms with E-state index in [9.17, 15) is 5.26 Å². The molecule has 22 heavy (non-hydrogen) atoms. The van der Waals surface area contributed by atoms with Crippen LogP contribution in [-0.2, 0) is 0 Å². The van der Waals surface area contributed by atoms with Crippen molar-refractivity contribution in [2.45, 2.75) is 20.8 Å². The van der Waals surface area contributed by atoms with Crippen molar-refractivity contribution in [3.05, 3.63) is 64.8 Å². The Morgan fingerprint density at radius 2 is 1.73 bits per heavy atom. The molecule has 0 aliphatic rings. The van der Waals surface area contributed by atoms with Crippen molar-refractivity contribution in [3.63, 3.8) is 0 Å². The molecule has 1 heterocycles. The summed E-state index contributed by atoms with van der Waals surface area (Å²) in [6.07, 6.45) is 0. The molecule has 0 radical (unpaired) electrons. The molecule has 4 heteroatoms. The summed E-state index contributed by atoms with van der Waals surface area (Å²) in [6.45, 7) is 6.15. The molecule has 0 atom stereocenters. The maximum Gasteiger partial charge on any atom is 0.191 e. The summed E-state index contributed by atoms with van der Waals surface area (Å²) in [6, 6.07) is 16.2. The number of aryl methyl sites for hydroxylation is 2. The number of aromatic nitrogens is 3. The molecule has 0 saturated heterocycles. The van der Waals surface area contributed by atoms with Crippen LogP contribution in [0, 0.1) is 32.1 Å². The molecule has 0 amide bonds. The zero-order valence-corrected chi connectivity index (χ0v) is 12.8. The zero-order chi connectivity index (χ0) is 15.7. The maximum atomic E-state index is 9.35. The molecule has 1 aromatic heterocycles. The number of nitrogens with zero attached hydrogens (tertiary/aromatic N) is 4. The third-order valence-electron chi connectivity index (χ3n) is 3.91. The smallest absolute Gasteiger partial charge is 0.191 e. The van der Waals surface area contributed by atoms with Gasteiger partial charge in [0.15, 0.2) is 5.69 Å². The van der Waals surface area contributed by atoms with Gasteiger partial charge in [-0.15, -0.1) is 5.10 Å². The maximum absolute atomic E-state index is 9.35. The Morgan fingerprint density at radius 1 is 1.00 bits per heavy atom. The third-order valence-corrected chi connectivity index (χ3v) is 3.91. The van der Waals surface area contributed by atoms with Gasteiger partial charge in [0.25, 0.3) is 0 Å². The number of benzene rings is 2. The fraction of sp³-hybridized carbons (Fsp3) is 0.167. The Bertz CT molecular complexity index is 867. The van der Waals surface area contributed by atoms with Crippen molar-refractivity contribution in [1.82, 2.24) is 15.0 Å². The van der Waals surface area contributed by atoms with Gasteiger partial charge in [0.05, 0.1) is 5.69 Å². The molecule has 0 fully saturated rings. The summed E-state index contributed by atoms with van der Waals surface area (Å²) in [4.78, 5) is 0. The number of hydrogen-bond donors (Lipinski definition) is 0. The first-order valence-electron chi connectivity index (χ1n) is 7.11. The van der Waals surface area contributed by atoms with Crippen LogP contribution < -0.4 is 0 Å². The van der Waals surface area contributed by atoms with Crippen molar-refractivity contribution in [2.75, 3.05) is 0 Å². The predicted molar refractivity (Wildman–Crippen MR) is 85.7 cm³/mol. The van der Waals surface area contributed by atoms with E-state index in [2.05, 4.69) is 36.3 Å². The van der Waals surface area contributed by atoms with Gasteiger partial charge in [-0.25, -0.2) is 4.68 Å². The second kappa shape index (κ2) is 5.45. The van der Waals surface area contributed by atoms with Crippen LogP contribution >= 0.6 is 0 Å². The normalized spacial score (nSPS) is 10.5. The molecule has 0 unspecified atom stereocenters. The Hall–Kier alpha value is -2.93. The first kappa shape index (κ1) is 14.0. The average Bonchev–Trinajstić information content (AvgIpc) is 2.94. The molecule has 0 bridgehead atoms. The van der Waals surface area contributed by atoms with E-state index >= 15 is 0 Å². The lowest BCUT2D eigenvalue weighted by molar-refractivity contribution is 0.801. The summed E-state index contributed by atoms with van der Waals surface area (Å²) < 4.78 is 1.76. The van der Waals surface area contributed by atoms with Gasteiger partial charge in [-0.05, 0) is 38.0 Å². The fourth-order valence-corrected chi connectivity index (χ4v) is 2.46. The van der Waals surface area contributed by atoms with Crippen LogP contribution in [0.4, 0.5) is 0 Å². The van der Waals surface area contributed by atoms with E-state index < -0.39 is 0 Å². The lowest BCUT2D eigenvalue weighted by atomic mass is 10.1. The Labute approximate surface area is 129 Å². The van der Waals surface area contributed by atoms with Gasteiger partial charge in [-0.1, -0.05) is 47.2 Å². The van der Waals surface area contributed by atoms with Gasteiger partial charge < -0.3 is 0 Å². The van der Waals surface area contributed by atoms with E-state index in [1.165, 1.54) is 11.1 Å². The van der Waals surface area contributed by atoms with E-state index in [1.54, 1.807) is 4.68 Å². The third kappa shape index (κ3) is 2.27. The van der Waals surface area contributed by atoms with Gasteiger partial charge in [-0.3, -0.25) is 0 Å². The van der Waals surface area contributed by atoms with Crippen molar-refractivity contribution < 1.29 is 0 Å². The number of rotatable bonds is 2. The largest absolute Gasteiger partial charge is 0.211 e. The monoisotopic (exact) mass is 288 g/mol. The Kier molecular flexibility index (Phi) is 3.48. The van der Waals surface area contributed by atoms with E-state index in [0.29, 0.717) is 5.69 Å². The topological polar surface area (TPSA) is 54.5 Å². The standard InChI is InChI=1S/C18H16N4/c1-12-7-9-15(10-8-12)18-16(11-19)20-21-22(18)17-6-4-5-13(2)14(17)3/h4-10H,1-3H3. The van der Waals surface area contributed by atoms with Crippen LogP contribution in [0.5, 0.6) is 0 Å². The Morgan fingerprint density at radius 3 is 2.41 bits per heavy atom. The average molecular weight is 288 g/mol. The van der Waals surface area contributed by atoms with Crippen LogP contribution in [-0.4, -0.2) is 15.0 Å². The predicted octanol–water partition coefficient (Wildman–Crippen LogP) is 3.73. The minimum Gasteiger partial charge on any atom is -0.211 e. The van der Waals surface area contributed by atoms with Crippen LogP contribution in [0.3, 0.4) is 0 Å². The van der Waals surface area contributed by atoms with Crippen LogP contribution in [0.15, 0.2) is 42.5 Å². The van der Waals surface area contributed by atoms with E-state index in [0.717, 1.165) is 22.5 Å². The molecule has 4 nitrogen and oxygen atoms in total. The minimum absolute atomic E-state index is 0.338. The van der Waals surface area contributed by atoms with Crippen molar-refractivity contribution >= 4 is 0 Å². The van der Waals surface area contributed by atoms with Crippen molar-refractivity contribution in [1.29, 1.82) is 5.26 Å². The van der Waals surface area contributed by atoms with Gasteiger partial charge in [0, 0.05) is 5.56 Å². The highest BCUT2D eigenvalue weighted by atomic mass is 15.4. The molecule has 0 saturated carbocycles. The highest BCUT2D eigenvalue weighted by Gasteiger charge is 2.17. The van der Waals surface area contributed by atoms with Crippen LogP contribution in [0.2, 0.25) is 0 Å². The lowest BCUT2D eigenvalue weighted by Crippen LogP contribution is -2.03. The molecule has 0 N–H and O–H groups in total. The van der Waals surface area contributed by atoms with Crippen molar-refractivity contribution in [2.24, 2.45) is 0 Å². The minimum atomic E-state index is 0.338.